The molecule has 0 heterocycles. The SMILES string of the molecule is COc1ccc(Cl)cc1NCC(O)c1ccc(C#N)cc1. The van der Waals surface area contributed by atoms with Crippen LogP contribution in [0, 0.1) is 11.3 Å². The zero-order valence-electron chi connectivity index (χ0n) is 11.5. The second-order valence-corrected chi connectivity index (χ2v) is 4.91. The predicted molar refractivity (Wildman–Crippen MR) is 82.6 cm³/mol. The summed E-state index contributed by atoms with van der Waals surface area (Å²) >= 11 is 5.95. The van der Waals surface area contributed by atoms with Crippen molar-refractivity contribution in [3.8, 4) is 11.8 Å². The van der Waals surface area contributed by atoms with Crippen LogP contribution in [0.4, 0.5) is 5.69 Å². The molecule has 2 aromatic rings. The van der Waals surface area contributed by atoms with Gasteiger partial charge in [0.2, 0.25) is 0 Å². The second kappa shape index (κ2) is 6.98. The Bertz CT molecular complexity index is 650. The zero-order valence-corrected chi connectivity index (χ0v) is 12.3. The molecule has 0 aliphatic rings. The number of methoxy groups -OCH3 is 1. The van der Waals surface area contributed by atoms with Crippen LogP contribution in [0.2, 0.25) is 5.02 Å². The van der Waals surface area contributed by atoms with Crippen molar-refractivity contribution in [2.24, 2.45) is 0 Å². The van der Waals surface area contributed by atoms with E-state index in [1.54, 1.807) is 49.6 Å². The highest BCUT2D eigenvalue weighted by Gasteiger charge is 2.09. The molecule has 2 aromatic carbocycles. The van der Waals surface area contributed by atoms with E-state index in [9.17, 15) is 5.11 Å². The maximum Gasteiger partial charge on any atom is 0.142 e. The molecule has 0 bridgehead atoms. The molecular weight excluding hydrogens is 288 g/mol. The van der Waals surface area contributed by atoms with Crippen LogP contribution >= 0.6 is 11.6 Å². The minimum absolute atomic E-state index is 0.308. The van der Waals surface area contributed by atoms with E-state index in [1.807, 2.05) is 6.07 Å². The van der Waals surface area contributed by atoms with Gasteiger partial charge in [0.25, 0.3) is 0 Å². The van der Waals surface area contributed by atoms with Gasteiger partial charge in [0, 0.05) is 11.6 Å². The smallest absolute Gasteiger partial charge is 0.142 e. The highest BCUT2D eigenvalue weighted by molar-refractivity contribution is 6.30. The lowest BCUT2D eigenvalue weighted by Gasteiger charge is -2.15. The van der Waals surface area contributed by atoms with E-state index in [0.29, 0.717) is 22.9 Å². The molecule has 2 N–H and O–H groups in total. The van der Waals surface area contributed by atoms with Gasteiger partial charge in [0.1, 0.15) is 5.75 Å². The maximum absolute atomic E-state index is 10.2. The van der Waals surface area contributed by atoms with E-state index in [0.717, 1.165) is 11.3 Å². The summed E-state index contributed by atoms with van der Waals surface area (Å²) in [6, 6.07) is 14.1. The Labute approximate surface area is 128 Å². The normalized spacial score (nSPS) is 11.5. The third kappa shape index (κ3) is 3.88. The molecule has 1 unspecified atom stereocenters. The van der Waals surface area contributed by atoms with Gasteiger partial charge in [-0.2, -0.15) is 5.26 Å². The van der Waals surface area contributed by atoms with Crippen molar-refractivity contribution < 1.29 is 9.84 Å². The van der Waals surface area contributed by atoms with E-state index in [-0.39, 0.29) is 0 Å². The Balaban J connectivity index is 2.05. The van der Waals surface area contributed by atoms with Crippen molar-refractivity contribution in [2.45, 2.75) is 6.10 Å². The lowest BCUT2D eigenvalue weighted by atomic mass is 10.1. The summed E-state index contributed by atoms with van der Waals surface area (Å²) in [5.74, 6) is 0.659. The lowest BCUT2D eigenvalue weighted by Crippen LogP contribution is -2.12. The number of rotatable bonds is 5. The zero-order chi connectivity index (χ0) is 15.2. The van der Waals surface area contributed by atoms with E-state index in [4.69, 9.17) is 21.6 Å². The number of nitrogens with zero attached hydrogens (tertiary/aromatic N) is 1. The molecule has 0 fully saturated rings. The number of hydrogen-bond donors (Lipinski definition) is 2. The molecule has 108 valence electrons. The van der Waals surface area contributed by atoms with Crippen LogP contribution in [-0.4, -0.2) is 18.8 Å². The number of ether oxygens (including phenoxy) is 1. The number of aliphatic hydroxyl groups excluding tert-OH is 1. The van der Waals surface area contributed by atoms with E-state index >= 15 is 0 Å². The summed E-state index contributed by atoms with van der Waals surface area (Å²) < 4.78 is 5.23. The van der Waals surface area contributed by atoms with Crippen LogP contribution in [0.3, 0.4) is 0 Å². The molecule has 1 atom stereocenters. The minimum Gasteiger partial charge on any atom is -0.495 e. The van der Waals surface area contributed by atoms with Gasteiger partial charge in [-0.15, -0.1) is 0 Å². The number of benzene rings is 2. The predicted octanol–water partition coefficient (Wildman–Crippen LogP) is 3.37. The van der Waals surface area contributed by atoms with Crippen molar-refractivity contribution in [3.05, 3.63) is 58.6 Å². The number of hydrogen-bond acceptors (Lipinski definition) is 4. The number of nitrogens with one attached hydrogen (secondary N) is 1. The molecule has 4 nitrogen and oxygen atoms in total. The van der Waals surface area contributed by atoms with Crippen LogP contribution < -0.4 is 10.1 Å². The van der Waals surface area contributed by atoms with Gasteiger partial charge >= 0.3 is 0 Å². The van der Waals surface area contributed by atoms with Gasteiger partial charge < -0.3 is 15.2 Å². The molecule has 0 spiro atoms. The molecule has 5 heteroatoms. The van der Waals surface area contributed by atoms with Gasteiger partial charge in [-0.05, 0) is 35.9 Å². The molecule has 2 rings (SSSR count). The van der Waals surface area contributed by atoms with Crippen LogP contribution in [0.1, 0.15) is 17.2 Å². The highest BCUT2D eigenvalue weighted by Crippen LogP contribution is 2.28. The van der Waals surface area contributed by atoms with E-state index in [2.05, 4.69) is 5.32 Å². The third-order valence-corrected chi connectivity index (χ3v) is 3.31. The average Bonchev–Trinajstić information content (AvgIpc) is 2.52. The summed E-state index contributed by atoms with van der Waals surface area (Å²) in [4.78, 5) is 0. The maximum atomic E-state index is 10.2. The van der Waals surface area contributed by atoms with Crippen molar-refractivity contribution in [1.82, 2.24) is 0 Å². The monoisotopic (exact) mass is 302 g/mol. The van der Waals surface area contributed by atoms with Gasteiger partial charge in [0.15, 0.2) is 0 Å². The number of nitriles is 1. The molecule has 0 aromatic heterocycles. The number of aliphatic hydroxyl groups is 1. The first-order valence-corrected chi connectivity index (χ1v) is 6.77. The third-order valence-electron chi connectivity index (χ3n) is 3.07. The Morgan fingerprint density at radius 1 is 1.29 bits per heavy atom. The van der Waals surface area contributed by atoms with Crippen molar-refractivity contribution >= 4 is 17.3 Å². The summed E-state index contributed by atoms with van der Waals surface area (Å²) in [5, 5.41) is 22.6. The number of halogens is 1. The quantitative estimate of drug-likeness (QED) is 0.889. The van der Waals surface area contributed by atoms with E-state index < -0.39 is 6.10 Å². The molecule has 0 radical (unpaired) electrons. The first kappa shape index (κ1) is 15.2. The molecule has 0 saturated heterocycles. The molecule has 0 amide bonds. The van der Waals surface area contributed by atoms with Crippen molar-refractivity contribution in [1.29, 1.82) is 5.26 Å². The van der Waals surface area contributed by atoms with Gasteiger partial charge in [-0.25, -0.2) is 0 Å². The standard InChI is InChI=1S/C16H15ClN2O2/c1-21-16-7-6-13(17)8-14(16)19-10-15(20)12-4-2-11(9-18)3-5-12/h2-8,15,19-20H,10H2,1H3. The fraction of sp³-hybridized carbons (Fsp3) is 0.188. The highest BCUT2D eigenvalue weighted by atomic mass is 35.5. The fourth-order valence-electron chi connectivity index (χ4n) is 1.92. The molecule has 0 saturated carbocycles. The summed E-state index contributed by atoms with van der Waals surface area (Å²) in [7, 11) is 1.57. The lowest BCUT2D eigenvalue weighted by molar-refractivity contribution is 0.191. The van der Waals surface area contributed by atoms with Gasteiger partial charge in [-0.3, -0.25) is 0 Å². The summed E-state index contributed by atoms with van der Waals surface area (Å²) in [5.41, 5.74) is 2.02. The topological polar surface area (TPSA) is 65.3 Å². The fourth-order valence-corrected chi connectivity index (χ4v) is 2.09. The van der Waals surface area contributed by atoms with Crippen molar-refractivity contribution in [2.75, 3.05) is 19.0 Å². The molecule has 0 aliphatic carbocycles. The Morgan fingerprint density at radius 3 is 2.62 bits per heavy atom. The molecule has 21 heavy (non-hydrogen) atoms. The van der Waals surface area contributed by atoms with Gasteiger partial charge in [-0.1, -0.05) is 23.7 Å². The second-order valence-electron chi connectivity index (χ2n) is 4.48. The Hall–Kier alpha value is -2.22. The summed E-state index contributed by atoms with van der Waals surface area (Å²) in [6.07, 6.45) is -0.693. The average molecular weight is 303 g/mol. The largest absolute Gasteiger partial charge is 0.495 e. The molecular formula is C16H15ClN2O2. The van der Waals surface area contributed by atoms with Crippen molar-refractivity contribution in [3.63, 3.8) is 0 Å². The van der Waals surface area contributed by atoms with Crippen LogP contribution in [0.5, 0.6) is 5.75 Å². The van der Waals surface area contributed by atoms with Crippen LogP contribution in [0.15, 0.2) is 42.5 Å². The molecule has 0 aliphatic heterocycles. The Kier molecular flexibility index (Phi) is 5.04. The van der Waals surface area contributed by atoms with Gasteiger partial charge in [0.05, 0.1) is 30.5 Å². The van der Waals surface area contributed by atoms with E-state index in [1.165, 1.54) is 0 Å². The first-order valence-electron chi connectivity index (χ1n) is 6.39. The summed E-state index contributed by atoms with van der Waals surface area (Å²) in [6.45, 7) is 0.308. The number of anilines is 1. The Morgan fingerprint density at radius 2 is 2.00 bits per heavy atom. The van der Waals surface area contributed by atoms with Crippen LogP contribution in [0.25, 0.3) is 0 Å². The minimum atomic E-state index is -0.693. The van der Waals surface area contributed by atoms with Crippen LogP contribution in [-0.2, 0) is 0 Å². The first-order chi connectivity index (χ1) is 10.1.